The number of carbonyl (C=O) groups is 1. The van der Waals surface area contributed by atoms with E-state index in [0.29, 0.717) is 11.2 Å². The summed E-state index contributed by atoms with van der Waals surface area (Å²) >= 11 is 0. The van der Waals surface area contributed by atoms with E-state index in [-0.39, 0.29) is 23.2 Å². The van der Waals surface area contributed by atoms with Gasteiger partial charge in [0.1, 0.15) is 5.69 Å². The fourth-order valence-electron chi connectivity index (χ4n) is 3.08. The number of nitrogens with one attached hydrogen (secondary N) is 3. The Bertz CT molecular complexity index is 1190. The van der Waals surface area contributed by atoms with Crippen molar-refractivity contribution in [1.82, 2.24) is 15.0 Å². The molecule has 0 aliphatic carbocycles. The number of rotatable bonds is 6. The number of aromatic amines is 1. The first kappa shape index (κ1) is 19.1. The van der Waals surface area contributed by atoms with Crippen LogP contribution in [0.2, 0.25) is 0 Å². The van der Waals surface area contributed by atoms with E-state index in [1.54, 1.807) is 12.3 Å². The third kappa shape index (κ3) is 3.95. The maximum absolute atomic E-state index is 12.6. The number of nitro groups is 1. The van der Waals surface area contributed by atoms with E-state index in [0.717, 1.165) is 11.2 Å². The van der Waals surface area contributed by atoms with Gasteiger partial charge in [-0.15, -0.1) is 0 Å². The Morgan fingerprint density at radius 3 is 2.67 bits per heavy atom. The molecule has 1 amide bonds. The zero-order chi connectivity index (χ0) is 21.1. The zero-order valence-electron chi connectivity index (χ0n) is 16.0. The summed E-state index contributed by atoms with van der Waals surface area (Å²) in [6.07, 6.45) is 1.66. The molecule has 30 heavy (non-hydrogen) atoms. The number of pyridine rings is 1. The molecule has 0 saturated carbocycles. The molecule has 1 atom stereocenters. The average Bonchev–Trinajstić information content (AvgIpc) is 3.16. The minimum Gasteiger partial charge on any atom is -0.371 e. The minimum atomic E-state index is -0.522. The van der Waals surface area contributed by atoms with Gasteiger partial charge in [0.05, 0.1) is 27.7 Å². The number of imidazole rings is 1. The smallest absolute Gasteiger partial charge is 0.293 e. The summed E-state index contributed by atoms with van der Waals surface area (Å²) in [6, 6.07) is 16.9. The van der Waals surface area contributed by atoms with Crippen LogP contribution in [0, 0.1) is 10.1 Å². The zero-order valence-corrected chi connectivity index (χ0v) is 16.0. The number of anilines is 2. The molecule has 0 aliphatic heterocycles. The number of hydrogen-bond donors (Lipinski definition) is 3. The Labute approximate surface area is 171 Å². The standard InChI is InChI=1S/C21H18N6O3/c1-13(15-6-4-5-11-22-15)23-18-10-9-14(12-19(18)27(29)30)20(28)26-21-24-16-7-2-3-8-17(16)25-21/h2-13,23H,1H3,(H2,24,25,26,28). The first-order chi connectivity index (χ1) is 14.5. The molecule has 0 saturated heterocycles. The number of H-pyrrole nitrogens is 1. The summed E-state index contributed by atoms with van der Waals surface area (Å²) in [6.45, 7) is 1.86. The lowest BCUT2D eigenvalue weighted by Crippen LogP contribution is -2.14. The van der Waals surface area contributed by atoms with E-state index in [1.807, 2.05) is 43.3 Å². The van der Waals surface area contributed by atoms with Crippen molar-refractivity contribution >= 4 is 34.3 Å². The summed E-state index contributed by atoms with van der Waals surface area (Å²) in [4.78, 5) is 35.2. The maximum Gasteiger partial charge on any atom is 0.293 e. The second-order valence-electron chi connectivity index (χ2n) is 6.67. The highest BCUT2D eigenvalue weighted by atomic mass is 16.6. The number of benzene rings is 2. The van der Waals surface area contributed by atoms with Crippen LogP contribution < -0.4 is 10.6 Å². The number of para-hydroxylation sites is 2. The molecule has 0 aliphatic rings. The van der Waals surface area contributed by atoms with Crippen LogP contribution in [0.25, 0.3) is 11.0 Å². The van der Waals surface area contributed by atoms with Gasteiger partial charge in [0.2, 0.25) is 5.95 Å². The predicted molar refractivity (Wildman–Crippen MR) is 113 cm³/mol. The fraction of sp³-hybridized carbons (Fsp3) is 0.0952. The lowest BCUT2D eigenvalue weighted by Gasteiger charge is -2.15. The maximum atomic E-state index is 12.6. The average molecular weight is 402 g/mol. The van der Waals surface area contributed by atoms with Crippen LogP contribution >= 0.6 is 0 Å². The lowest BCUT2D eigenvalue weighted by molar-refractivity contribution is -0.384. The van der Waals surface area contributed by atoms with Crippen molar-refractivity contribution < 1.29 is 9.72 Å². The number of aromatic nitrogens is 3. The summed E-state index contributed by atoms with van der Waals surface area (Å²) in [5.74, 6) is -0.226. The third-order valence-electron chi connectivity index (χ3n) is 4.58. The van der Waals surface area contributed by atoms with Gasteiger partial charge in [-0.05, 0) is 43.3 Å². The molecule has 0 radical (unpaired) electrons. The van der Waals surface area contributed by atoms with E-state index < -0.39 is 10.8 Å². The van der Waals surface area contributed by atoms with Gasteiger partial charge in [-0.25, -0.2) is 4.98 Å². The van der Waals surface area contributed by atoms with Gasteiger partial charge in [-0.3, -0.25) is 25.2 Å². The van der Waals surface area contributed by atoms with E-state index in [4.69, 9.17) is 0 Å². The molecular formula is C21H18N6O3. The third-order valence-corrected chi connectivity index (χ3v) is 4.58. The number of nitrogens with zero attached hydrogens (tertiary/aromatic N) is 3. The second kappa shape index (κ2) is 8.00. The first-order valence-corrected chi connectivity index (χ1v) is 9.23. The molecule has 150 valence electrons. The van der Waals surface area contributed by atoms with Crippen LogP contribution in [-0.2, 0) is 0 Å². The molecule has 3 N–H and O–H groups in total. The summed E-state index contributed by atoms with van der Waals surface area (Å²) in [5.41, 5.74) is 2.49. The summed E-state index contributed by atoms with van der Waals surface area (Å²) in [7, 11) is 0. The van der Waals surface area contributed by atoms with Gasteiger partial charge in [0, 0.05) is 17.8 Å². The molecule has 0 fully saturated rings. The van der Waals surface area contributed by atoms with E-state index >= 15 is 0 Å². The quantitative estimate of drug-likeness (QED) is 0.326. The van der Waals surface area contributed by atoms with Crippen molar-refractivity contribution in [2.75, 3.05) is 10.6 Å². The Hall–Kier alpha value is -4.27. The topological polar surface area (TPSA) is 126 Å². The van der Waals surface area contributed by atoms with Gasteiger partial charge >= 0.3 is 0 Å². The van der Waals surface area contributed by atoms with Crippen LogP contribution in [0.4, 0.5) is 17.3 Å². The van der Waals surface area contributed by atoms with Gasteiger partial charge in [0.15, 0.2) is 0 Å². The van der Waals surface area contributed by atoms with E-state index in [1.165, 1.54) is 18.2 Å². The van der Waals surface area contributed by atoms with E-state index in [9.17, 15) is 14.9 Å². The monoisotopic (exact) mass is 402 g/mol. The number of fused-ring (bicyclic) bond motifs is 1. The number of hydrogen-bond acceptors (Lipinski definition) is 6. The molecule has 2 aromatic carbocycles. The first-order valence-electron chi connectivity index (χ1n) is 9.23. The highest BCUT2D eigenvalue weighted by Gasteiger charge is 2.20. The van der Waals surface area contributed by atoms with Crippen molar-refractivity contribution in [3.63, 3.8) is 0 Å². The van der Waals surface area contributed by atoms with Crippen molar-refractivity contribution in [3.05, 3.63) is 88.2 Å². The summed E-state index contributed by atoms with van der Waals surface area (Å²) in [5, 5.41) is 17.3. The van der Waals surface area contributed by atoms with Crippen molar-refractivity contribution in [2.45, 2.75) is 13.0 Å². The largest absolute Gasteiger partial charge is 0.371 e. The van der Waals surface area contributed by atoms with Crippen molar-refractivity contribution in [1.29, 1.82) is 0 Å². The SMILES string of the molecule is CC(Nc1ccc(C(=O)Nc2nc3ccccc3[nH]2)cc1[N+](=O)[O-])c1ccccn1. The van der Waals surface area contributed by atoms with Gasteiger partial charge in [0.25, 0.3) is 11.6 Å². The molecule has 2 aromatic heterocycles. The van der Waals surface area contributed by atoms with Crippen LogP contribution in [0.1, 0.15) is 29.0 Å². The second-order valence-corrected chi connectivity index (χ2v) is 6.67. The van der Waals surface area contributed by atoms with Crippen LogP contribution in [0.5, 0.6) is 0 Å². The van der Waals surface area contributed by atoms with Crippen LogP contribution in [0.15, 0.2) is 66.9 Å². The Morgan fingerprint density at radius 1 is 1.13 bits per heavy atom. The molecule has 0 bridgehead atoms. The Balaban J connectivity index is 1.56. The minimum absolute atomic E-state index is 0.151. The molecule has 4 aromatic rings. The molecule has 2 heterocycles. The summed E-state index contributed by atoms with van der Waals surface area (Å²) < 4.78 is 0. The number of amides is 1. The molecular weight excluding hydrogens is 384 g/mol. The molecule has 4 rings (SSSR count). The number of nitro benzene ring substituents is 1. The Kier molecular flexibility index (Phi) is 5.08. The molecule has 9 heteroatoms. The van der Waals surface area contributed by atoms with Gasteiger partial charge < -0.3 is 10.3 Å². The normalized spacial score (nSPS) is 11.8. The fourth-order valence-corrected chi connectivity index (χ4v) is 3.08. The van der Waals surface area contributed by atoms with Crippen LogP contribution in [-0.4, -0.2) is 25.8 Å². The highest BCUT2D eigenvalue weighted by Crippen LogP contribution is 2.29. The van der Waals surface area contributed by atoms with Crippen molar-refractivity contribution in [3.8, 4) is 0 Å². The molecule has 9 nitrogen and oxygen atoms in total. The predicted octanol–water partition coefficient (Wildman–Crippen LogP) is 4.29. The van der Waals surface area contributed by atoms with Gasteiger partial charge in [-0.2, -0.15) is 0 Å². The molecule has 0 spiro atoms. The van der Waals surface area contributed by atoms with Crippen molar-refractivity contribution in [2.24, 2.45) is 0 Å². The van der Waals surface area contributed by atoms with E-state index in [2.05, 4.69) is 25.6 Å². The van der Waals surface area contributed by atoms with Gasteiger partial charge in [-0.1, -0.05) is 18.2 Å². The molecule has 1 unspecified atom stereocenters. The highest BCUT2D eigenvalue weighted by molar-refractivity contribution is 6.04. The Morgan fingerprint density at radius 2 is 1.93 bits per heavy atom. The number of carbonyl (C=O) groups excluding carboxylic acids is 1. The van der Waals surface area contributed by atoms with Crippen LogP contribution in [0.3, 0.4) is 0 Å². The lowest BCUT2D eigenvalue weighted by atomic mass is 10.1.